The quantitative estimate of drug-likeness (QED) is 0.522. The van der Waals surface area contributed by atoms with Crippen molar-refractivity contribution >= 4 is 11.8 Å². The van der Waals surface area contributed by atoms with Gasteiger partial charge in [0.1, 0.15) is 12.4 Å². The Kier molecular flexibility index (Phi) is 8.73. The van der Waals surface area contributed by atoms with Crippen molar-refractivity contribution in [1.82, 2.24) is 5.32 Å². The van der Waals surface area contributed by atoms with Gasteiger partial charge < -0.3 is 14.8 Å². The molecule has 0 atom stereocenters. The van der Waals surface area contributed by atoms with Crippen molar-refractivity contribution in [2.45, 2.75) is 18.2 Å². The molecule has 102 valence electrons. The average Bonchev–Trinajstić information content (AvgIpc) is 2.42. The number of thioether (sulfide) groups is 1. The molecule has 0 saturated carbocycles. The van der Waals surface area contributed by atoms with E-state index in [0.717, 1.165) is 38.5 Å². The highest BCUT2D eigenvalue weighted by Crippen LogP contribution is 2.18. The molecule has 0 unspecified atom stereocenters. The molecule has 1 aromatic rings. The lowest BCUT2D eigenvalue weighted by molar-refractivity contribution is 0.144. The maximum Gasteiger partial charge on any atom is 0.119 e. The first kappa shape index (κ1) is 15.3. The molecular formula is C14H23NO2S. The van der Waals surface area contributed by atoms with Crippen LogP contribution >= 0.6 is 11.8 Å². The number of rotatable bonds is 10. The molecule has 1 aromatic carbocycles. The number of hydrogen-bond acceptors (Lipinski definition) is 4. The Morgan fingerprint density at radius 3 is 2.56 bits per heavy atom. The van der Waals surface area contributed by atoms with Crippen LogP contribution in [0.2, 0.25) is 0 Å². The molecule has 0 aliphatic carbocycles. The molecule has 0 heterocycles. The monoisotopic (exact) mass is 269 g/mol. The van der Waals surface area contributed by atoms with E-state index in [0.29, 0.717) is 6.61 Å². The molecule has 0 radical (unpaired) electrons. The Morgan fingerprint density at radius 1 is 1.11 bits per heavy atom. The second kappa shape index (κ2) is 10.2. The normalized spacial score (nSPS) is 10.6. The zero-order valence-electron chi connectivity index (χ0n) is 11.3. The van der Waals surface area contributed by atoms with Gasteiger partial charge in [-0.2, -0.15) is 0 Å². The summed E-state index contributed by atoms with van der Waals surface area (Å²) < 4.78 is 10.9. The number of hydrogen-bond donors (Lipinski definition) is 1. The van der Waals surface area contributed by atoms with Gasteiger partial charge in [-0.3, -0.25) is 0 Å². The molecule has 0 aliphatic rings. The van der Waals surface area contributed by atoms with Crippen LogP contribution in [0.1, 0.15) is 13.3 Å². The van der Waals surface area contributed by atoms with Crippen LogP contribution in [0, 0.1) is 0 Å². The molecule has 1 N–H and O–H groups in total. The predicted octanol–water partition coefficient (Wildman–Crippen LogP) is 2.80. The van der Waals surface area contributed by atoms with Crippen LogP contribution in [0.25, 0.3) is 0 Å². The second-order valence-corrected chi connectivity index (χ2v) is 4.70. The van der Waals surface area contributed by atoms with E-state index >= 15 is 0 Å². The van der Waals surface area contributed by atoms with E-state index in [9.17, 15) is 0 Å². The predicted molar refractivity (Wildman–Crippen MR) is 77.7 cm³/mol. The van der Waals surface area contributed by atoms with Crippen molar-refractivity contribution in [2.75, 3.05) is 39.2 Å². The van der Waals surface area contributed by atoms with E-state index in [2.05, 4.69) is 23.7 Å². The molecule has 1 rings (SSSR count). The minimum atomic E-state index is 0.702. The summed E-state index contributed by atoms with van der Waals surface area (Å²) in [5.41, 5.74) is 0. The first-order valence-corrected chi connectivity index (χ1v) is 7.64. The van der Waals surface area contributed by atoms with E-state index in [-0.39, 0.29) is 0 Å². The van der Waals surface area contributed by atoms with Crippen molar-refractivity contribution in [3.63, 3.8) is 0 Å². The lowest BCUT2D eigenvalue weighted by atomic mass is 10.3. The van der Waals surface area contributed by atoms with Crippen LogP contribution in [-0.4, -0.2) is 39.2 Å². The van der Waals surface area contributed by atoms with Crippen molar-refractivity contribution in [3.05, 3.63) is 24.3 Å². The van der Waals surface area contributed by atoms with E-state index in [1.165, 1.54) is 4.90 Å². The van der Waals surface area contributed by atoms with Crippen LogP contribution in [0.5, 0.6) is 5.75 Å². The zero-order chi connectivity index (χ0) is 13.1. The summed E-state index contributed by atoms with van der Waals surface area (Å²) in [6, 6.07) is 8.19. The van der Waals surface area contributed by atoms with Crippen molar-refractivity contribution in [3.8, 4) is 5.75 Å². The average molecular weight is 269 g/mol. The van der Waals surface area contributed by atoms with E-state index in [4.69, 9.17) is 9.47 Å². The first-order valence-electron chi connectivity index (χ1n) is 6.42. The fraction of sp³-hybridized carbons (Fsp3) is 0.571. The lowest BCUT2D eigenvalue weighted by Gasteiger charge is -2.08. The third kappa shape index (κ3) is 6.89. The van der Waals surface area contributed by atoms with Gasteiger partial charge in [0.25, 0.3) is 0 Å². The second-order valence-electron chi connectivity index (χ2n) is 3.82. The Hall–Kier alpha value is -0.710. The van der Waals surface area contributed by atoms with Crippen molar-refractivity contribution in [1.29, 1.82) is 0 Å². The summed E-state index contributed by atoms with van der Waals surface area (Å²) in [6.45, 7) is 6.21. The number of ether oxygens (including phenoxy) is 2. The maximum absolute atomic E-state index is 5.63. The fourth-order valence-corrected chi connectivity index (χ4v) is 1.89. The van der Waals surface area contributed by atoms with Gasteiger partial charge in [0, 0.05) is 24.7 Å². The molecule has 0 bridgehead atoms. The van der Waals surface area contributed by atoms with Gasteiger partial charge in [0.15, 0.2) is 0 Å². The fourth-order valence-electron chi connectivity index (χ4n) is 1.48. The third-order valence-corrected chi connectivity index (χ3v) is 3.20. The number of benzene rings is 1. The minimum absolute atomic E-state index is 0.702. The summed E-state index contributed by atoms with van der Waals surface area (Å²) in [6.07, 6.45) is 3.12. The zero-order valence-corrected chi connectivity index (χ0v) is 12.1. The first-order chi connectivity index (χ1) is 8.86. The molecule has 0 fully saturated rings. The maximum atomic E-state index is 5.63. The molecule has 18 heavy (non-hydrogen) atoms. The van der Waals surface area contributed by atoms with Crippen LogP contribution < -0.4 is 10.1 Å². The molecule has 0 amide bonds. The Morgan fingerprint density at radius 2 is 1.89 bits per heavy atom. The summed E-state index contributed by atoms with van der Waals surface area (Å²) in [4.78, 5) is 1.26. The van der Waals surface area contributed by atoms with Gasteiger partial charge in [0.05, 0.1) is 0 Å². The lowest BCUT2D eigenvalue weighted by Crippen LogP contribution is -2.23. The van der Waals surface area contributed by atoms with Crippen LogP contribution in [0.3, 0.4) is 0 Å². The molecule has 0 aromatic heterocycles. The highest BCUT2D eigenvalue weighted by Gasteiger charge is 1.94. The Bertz CT molecular complexity index is 303. The van der Waals surface area contributed by atoms with E-state index in [1.807, 2.05) is 19.1 Å². The largest absolute Gasteiger partial charge is 0.492 e. The molecule has 0 aliphatic heterocycles. The third-order valence-electron chi connectivity index (χ3n) is 2.45. The molecule has 0 spiro atoms. The highest BCUT2D eigenvalue weighted by molar-refractivity contribution is 7.98. The standard InChI is InChI=1S/C14H23NO2S/c1-3-16-11-4-9-15-10-12-17-13-5-7-14(18-2)8-6-13/h5-8,15H,3-4,9-12H2,1-2H3. The van der Waals surface area contributed by atoms with Crippen LogP contribution in [0.4, 0.5) is 0 Å². The molecule has 3 nitrogen and oxygen atoms in total. The van der Waals surface area contributed by atoms with Crippen molar-refractivity contribution < 1.29 is 9.47 Å². The topological polar surface area (TPSA) is 30.5 Å². The minimum Gasteiger partial charge on any atom is -0.492 e. The van der Waals surface area contributed by atoms with E-state index < -0.39 is 0 Å². The van der Waals surface area contributed by atoms with Gasteiger partial charge in [-0.05, 0) is 50.4 Å². The van der Waals surface area contributed by atoms with Gasteiger partial charge in [-0.25, -0.2) is 0 Å². The Balaban J connectivity index is 2.00. The van der Waals surface area contributed by atoms with Gasteiger partial charge in [-0.1, -0.05) is 0 Å². The van der Waals surface area contributed by atoms with Gasteiger partial charge >= 0.3 is 0 Å². The molecule has 0 saturated heterocycles. The summed E-state index contributed by atoms with van der Waals surface area (Å²) in [5, 5.41) is 3.33. The van der Waals surface area contributed by atoms with Gasteiger partial charge in [0.2, 0.25) is 0 Å². The van der Waals surface area contributed by atoms with Crippen LogP contribution in [-0.2, 0) is 4.74 Å². The highest BCUT2D eigenvalue weighted by atomic mass is 32.2. The molecule has 4 heteroatoms. The van der Waals surface area contributed by atoms with Crippen LogP contribution in [0.15, 0.2) is 29.2 Å². The summed E-state index contributed by atoms with van der Waals surface area (Å²) >= 11 is 1.74. The smallest absolute Gasteiger partial charge is 0.119 e. The number of nitrogens with one attached hydrogen (secondary N) is 1. The van der Waals surface area contributed by atoms with E-state index in [1.54, 1.807) is 11.8 Å². The molecular weight excluding hydrogens is 246 g/mol. The SMILES string of the molecule is CCOCCCNCCOc1ccc(SC)cc1. The van der Waals surface area contributed by atoms with Crippen molar-refractivity contribution in [2.24, 2.45) is 0 Å². The summed E-state index contributed by atoms with van der Waals surface area (Å²) in [5.74, 6) is 0.934. The Labute approximate surface area is 114 Å². The van der Waals surface area contributed by atoms with Gasteiger partial charge in [-0.15, -0.1) is 11.8 Å². The summed E-state index contributed by atoms with van der Waals surface area (Å²) in [7, 11) is 0.